The van der Waals surface area contributed by atoms with Crippen molar-refractivity contribution in [3.63, 3.8) is 0 Å². The topological polar surface area (TPSA) is 105 Å². The standard InChI is InChI=1S/C15H20B2N2O4/c20-16(21)14-7-3-1-5-12(14)9-18-11-19-10-13-6-2-4-8-15(13)17(22)23/h1-8,18-23H,9-11H2. The maximum absolute atomic E-state index is 9.30. The van der Waals surface area contributed by atoms with Gasteiger partial charge in [0.05, 0.1) is 0 Å². The minimum atomic E-state index is -1.49. The van der Waals surface area contributed by atoms with Crippen LogP contribution in [0.1, 0.15) is 11.1 Å². The molecule has 0 aliphatic carbocycles. The molecule has 0 fully saturated rings. The van der Waals surface area contributed by atoms with Crippen LogP contribution in [0.15, 0.2) is 48.5 Å². The van der Waals surface area contributed by atoms with Crippen LogP contribution in [0.5, 0.6) is 0 Å². The van der Waals surface area contributed by atoms with E-state index in [1.807, 2.05) is 24.3 Å². The van der Waals surface area contributed by atoms with Gasteiger partial charge in [-0.2, -0.15) is 0 Å². The van der Waals surface area contributed by atoms with Crippen LogP contribution < -0.4 is 21.6 Å². The normalized spacial score (nSPS) is 10.6. The molecule has 2 rings (SSSR count). The van der Waals surface area contributed by atoms with Gasteiger partial charge in [-0.25, -0.2) is 0 Å². The summed E-state index contributed by atoms with van der Waals surface area (Å²) in [6.07, 6.45) is 0. The van der Waals surface area contributed by atoms with E-state index in [0.29, 0.717) is 30.7 Å². The van der Waals surface area contributed by atoms with Crippen molar-refractivity contribution in [2.75, 3.05) is 6.67 Å². The minimum Gasteiger partial charge on any atom is -0.423 e. The summed E-state index contributed by atoms with van der Waals surface area (Å²) in [7, 11) is -2.97. The molecular weight excluding hydrogens is 294 g/mol. The third kappa shape index (κ3) is 5.18. The molecule has 0 aliphatic rings. The molecule has 0 spiro atoms. The van der Waals surface area contributed by atoms with Gasteiger partial charge in [0.25, 0.3) is 0 Å². The number of hydrogen-bond acceptors (Lipinski definition) is 6. The lowest BCUT2D eigenvalue weighted by molar-refractivity contribution is 0.424. The van der Waals surface area contributed by atoms with E-state index in [1.165, 1.54) is 0 Å². The zero-order valence-corrected chi connectivity index (χ0v) is 12.7. The molecule has 6 N–H and O–H groups in total. The van der Waals surface area contributed by atoms with E-state index in [2.05, 4.69) is 10.6 Å². The molecule has 0 bridgehead atoms. The second kappa shape index (κ2) is 8.83. The first kappa shape index (κ1) is 17.7. The molecule has 0 aromatic heterocycles. The average molecular weight is 314 g/mol. The third-order valence-electron chi connectivity index (χ3n) is 3.55. The van der Waals surface area contributed by atoms with Crippen LogP contribution in [0.3, 0.4) is 0 Å². The van der Waals surface area contributed by atoms with Gasteiger partial charge in [0.2, 0.25) is 0 Å². The molecule has 0 radical (unpaired) electrons. The maximum atomic E-state index is 9.30. The van der Waals surface area contributed by atoms with Crippen LogP contribution in [-0.2, 0) is 13.1 Å². The van der Waals surface area contributed by atoms with Crippen molar-refractivity contribution < 1.29 is 20.1 Å². The summed E-state index contributed by atoms with van der Waals surface area (Å²) in [4.78, 5) is 0. The van der Waals surface area contributed by atoms with Gasteiger partial charge in [0, 0.05) is 19.8 Å². The van der Waals surface area contributed by atoms with Crippen LogP contribution >= 0.6 is 0 Å². The fourth-order valence-corrected chi connectivity index (χ4v) is 2.38. The molecule has 23 heavy (non-hydrogen) atoms. The first-order valence-corrected chi connectivity index (χ1v) is 7.39. The Bertz CT molecular complexity index is 572. The van der Waals surface area contributed by atoms with Gasteiger partial charge >= 0.3 is 14.2 Å². The largest absolute Gasteiger partial charge is 0.488 e. The highest BCUT2D eigenvalue weighted by atomic mass is 16.4. The van der Waals surface area contributed by atoms with Gasteiger partial charge in [0.15, 0.2) is 0 Å². The number of benzene rings is 2. The van der Waals surface area contributed by atoms with E-state index in [-0.39, 0.29) is 0 Å². The summed E-state index contributed by atoms with van der Waals surface area (Å²) < 4.78 is 0. The molecule has 2 aromatic rings. The Balaban J connectivity index is 1.81. The molecule has 0 aliphatic heterocycles. The molecule has 0 amide bonds. The Hall–Kier alpha value is -1.67. The summed E-state index contributed by atoms with van der Waals surface area (Å²) in [6.45, 7) is 1.47. The predicted octanol–water partition coefficient (Wildman–Crippen LogP) is -2.12. The Morgan fingerprint density at radius 2 is 1.04 bits per heavy atom. The molecule has 2 aromatic carbocycles. The van der Waals surface area contributed by atoms with Crippen LogP contribution in [0.25, 0.3) is 0 Å². The molecule has 120 valence electrons. The van der Waals surface area contributed by atoms with E-state index in [1.54, 1.807) is 24.3 Å². The fraction of sp³-hybridized carbons (Fsp3) is 0.200. The van der Waals surface area contributed by atoms with Crippen molar-refractivity contribution >= 4 is 25.2 Å². The smallest absolute Gasteiger partial charge is 0.423 e. The zero-order chi connectivity index (χ0) is 16.7. The highest BCUT2D eigenvalue weighted by Gasteiger charge is 2.15. The molecule has 0 saturated carbocycles. The fourth-order valence-electron chi connectivity index (χ4n) is 2.38. The van der Waals surface area contributed by atoms with E-state index < -0.39 is 14.2 Å². The lowest BCUT2D eigenvalue weighted by Crippen LogP contribution is -2.38. The van der Waals surface area contributed by atoms with Gasteiger partial charge in [-0.15, -0.1) is 0 Å². The first-order valence-electron chi connectivity index (χ1n) is 7.39. The Kier molecular flexibility index (Phi) is 6.79. The molecule has 0 atom stereocenters. The maximum Gasteiger partial charge on any atom is 0.488 e. The SMILES string of the molecule is OB(O)c1ccccc1CNCNCc1ccccc1B(O)O. The van der Waals surface area contributed by atoms with Crippen molar-refractivity contribution in [3.05, 3.63) is 59.7 Å². The summed E-state index contributed by atoms with van der Waals surface area (Å²) in [5.41, 5.74) is 2.59. The Morgan fingerprint density at radius 3 is 1.43 bits per heavy atom. The molecule has 0 saturated heterocycles. The van der Waals surface area contributed by atoms with Crippen LogP contribution in [0.4, 0.5) is 0 Å². The number of rotatable bonds is 8. The third-order valence-corrected chi connectivity index (χ3v) is 3.55. The quantitative estimate of drug-likeness (QED) is 0.189. The van der Waals surface area contributed by atoms with E-state index in [9.17, 15) is 20.1 Å². The molecule has 0 heterocycles. The summed E-state index contributed by atoms with van der Waals surface area (Å²) in [6, 6.07) is 14.2. The van der Waals surface area contributed by atoms with Gasteiger partial charge in [0.1, 0.15) is 0 Å². The summed E-state index contributed by atoms with van der Waals surface area (Å²) >= 11 is 0. The van der Waals surface area contributed by atoms with E-state index in [4.69, 9.17) is 0 Å². The van der Waals surface area contributed by atoms with Crippen molar-refractivity contribution in [2.24, 2.45) is 0 Å². The Morgan fingerprint density at radius 1 is 0.652 bits per heavy atom. The van der Waals surface area contributed by atoms with Crippen LogP contribution in [0, 0.1) is 0 Å². The highest BCUT2D eigenvalue weighted by molar-refractivity contribution is 6.59. The monoisotopic (exact) mass is 314 g/mol. The van der Waals surface area contributed by atoms with Crippen molar-refractivity contribution in [1.82, 2.24) is 10.6 Å². The summed E-state index contributed by atoms with van der Waals surface area (Å²) in [5, 5.41) is 43.5. The van der Waals surface area contributed by atoms with Crippen molar-refractivity contribution in [3.8, 4) is 0 Å². The van der Waals surface area contributed by atoms with Crippen LogP contribution in [0.2, 0.25) is 0 Å². The second-order valence-corrected chi connectivity index (χ2v) is 5.18. The van der Waals surface area contributed by atoms with Crippen LogP contribution in [-0.4, -0.2) is 41.0 Å². The highest BCUT2D eigenvalue weighted by Crippen LogP contribution is 1.98. The lowest BCUT2D eigenvalue weighted by Gasteiger charge is -2.12. The average Bonchev–Trinajstić information content (AvgIpc) is 2.55. The van der Waals surface area contributed by atoms with Gasteiger partial charge in [-0.3, -0.25) is 0 Å². The molecule has 6 nitrogen and oxygen atoms in total. The number of nitrogens with one attached hydrogen (secondary N) is 2. The molecule has 0 unspecified atom stereocenters. The molecule has 8 heteroatoms. The van der Waals surface area contributed by atoms with Gasteiger partial charge in [-0.05, 0) is 22.1 Å². The van der Waals surface area contributed by atoms with Gasteiger partial charge < -0.3 is 30.7 Å². The predicted molar refractivity (Wildman–Crippen MR) is 91.1 cm³/mol. The first-order chi connectivity index (χ1) is 11.1. The lowest BCUT2D eigenvalue weighted by atomic mass is 9.77. The van der Waals surface area contributed by atoms with Crippen molar-refractivity contribution in [1.29, 1.82) is 0 Å². The minimum absolute atomic E-state index is 0.480. The number of hydrogen-bond donors (Lipinski definition) is 6. The van der Waals surface area contributed by atoms with E-state index >= 15 is 0 Å². The van der Waals surface area contributed by atoms with Crippen molar-refractivity contribution in [2.45, 2.75) is 13.1 Å². The van der Waals surface area contributed by atoms with E-state index in [0.717, 1.165) is 11.1 Å². The second-order valence-electron chi connectivity index (χ2n) is 5.18. The van der Waals surface area contributed by atoms with Gasteiger partial charge in [-0.1, -0.05) is 48.5 Å². The molecular formula is C15H20B2N2O4. The zero-order valence-electron chi connectivity index (χ0n) is 12.7. The summed E-state index contributed by atoms with van der Waals surface area (Å²) in [5.74, 6) is 0. The Labute approximate surface area is 136 Å².